The van der Waals surface area contributed by atoms with Gasteiger partial charge in [0.1, 0.15) is 29.0 Å². The summed E-state index contributed by atoms with van der Waals surface area (Å²) in [5.41, 5.74) is 11.5. The maximum atomic E-state index is 14.5. The molecule has 0 aromatic heterocycles. The van der Waals surface area contributed by atoms with Crippen LogP contribution in [0.3, 0.4) is 0 Å². The first-order valence-corrected chi connectivity index (χ1v) is 14.6. The maximum Gasteiger partial charge on any atom is 0.256 e. The second-order valence-electron chi connectivity index (χ2n) is 10.7. The molecule has 3 aliphatic heterocycles. The minimum Gasteiger partial charge on any atom is -0.391 e. The van der Waals surface area contributed by atoms with Crippen LogP contribution in [0.1, 0.15) is 56.9 Å². The van der Waals surface area contributed by atoms with Crippen molar-refractivity contribution >= 4 is 35.4 Å². The van der Waals surface area contributed by atoms with Crippen molar-refractivity contribution in [3.05, 3.63) is 35.9 Å². The predicted molar refractivity (Wildman–Crippen MR) is 146 cm³/mol. The van der Waals surface area contributed by atoms with Crippen LogP contribution in [0.25, 0.3) is 0 Å². The van der Waals surface area contributed by atoms with Gasteiger partial charge in [0, 0.05) is 13.1 Å². The highest BCUT2D eigenvalue weighted by Gasteiger charge is 2.57. The fraction of sp³-hybridized carbons (Fsp3) is 0.630. The lowest BCUT2D eigenvalue weighted by Gasteiger charge is -2.42. The lowest BCUT2D eigenvalue weighted by molar-refractivity contribution is -0.161. The molecule has 0 bridgehead atoms. The van der Waals surface area contributed by atoms with Crippen LogP contribution < -0.4 is 11.5 Å². The number of carbonyl (C=O) groups is 4. The zero-order chi connectivity index (χ0) is 28.5. The van der Waals surface area contributed by atoms with Gasteiger partial charge in [-0.15, -0.1) is 11.8 Å². The molecule has 6 N–H and O–H groups in total. The van der Waals surface area contributed by atoms with Crippen LogP contribution in [-0.4, -0.2) is 103 Å². The molecule has 0 saturated carbocycles. The van der Waals surface area contributed by atoms with E-state index in [-0.39, 0.29) is 5.91 Å². The van der Waals surface area contributed by atoms with E-state index in [0.29, 0.717) is 50.9 Å². The van der Waals surface area contributed by atoms with Crippen molar-refractivity contribution in [2.75, 3.05) is 18.8 Å². The van der Waals surface area contributed by atoms with Crippen molar-refractivity contribution in [3.8, 4) is 0 Å². The molecule has 7 unspecified atom stereocenters. The number of nitrogens with zero attached hydrogens (tertiary/aromatic N) is 3. The molecule has 214 valence electrons. The molecule has 3 aliphatic rings. The van der Waals surface area contributed by atoms with Crippen molar-refractivity contribution in [2.24, 2.45) is 11.5 Å². The Hall–Kier alpha value is -2.51. The minimum atomic E-state index is -1.31. The van der Waals surface area contributed by atoms with E-state index in [1.54, 1.807) is 4.90 Å². The van der Waals surface area contributed by atoms with Gasteiger partial charge in [-0.05, 0) is 57.3 Å². The van der Waals surface area contributed by atoms with E-state index in [1.165, 1.54) is 30.5 Å². The van der Waals surface area contributed by atoms with Crippen LogP contribution in [0.5, 0.6) is 0 Å². The fourth-order valence-electron chi connectivity index (χ4n) is 5.84. The largest absolute Gasteiger partial charge is 0.391 e. The Kier molecular flexibility index (Phi) is 9.01. The van der Waals surface area contributed by atoms with Crippen LogP contribution in [0.2, 0.25) is 0 Å². The molecule has 0 aliphatic carbocycles. The molecule has 3 fully saturated rings. The number of rotatable bonds is 6. The van der Waals surface area contributed by atoms with E-state index in [0.717, 1.165) is 10.5 Å². The van der Waals surface area contributed by atoms with Gasteiger partial charge in [0.25, 0.3) is 5.91 Å². The van der Waals surface area contributed by atoms with E-state index in [1.807, 2.05) is 30.3 Å². The topological polar surface area (TPSA) is 170 Å². The molecule has 3 saturated heterocycles. The van der Waals surface area contributed by atoms with Gasteiger partial charge in [-0.2, -0.15) is 0 Å². The molecule has 1 aromatic carbocycles. The third-order valence-corrected chi connectivity index (χ3v) is 9.39. The Labute approximate surface area is 232 Å². The van der Waals surface area contributed by atoms with Crippen molar-refractivity contribution in [1.29, 1.82) is 0 Å². The van der Waals surface area contributed by atoms with Gasteiger partial charge in [0.2, 0.25) is 17.7 Å². The summed E-state index contributed by atoms with van der Waals surface area (Å²) in [5, 5.41) is 19.3. The summed E-state index contributed by atoms with van der Waals surface area (Å²) in [5.74, 6) is -1.55. The molecule has 7 atom stereocenters. The van der Waals surface area contributed by atoms with E-state index in [4.69, 9.17) is 11.5 Å². The number of nitrogens with two attached hydrogens (primary N) is 2. The highest BCUT2D eigenvalue weighted by atomic mass is 32.2. The Morgan fingerprint density at radius 3 is 2.26 bits per heavy atom. The van der Waals surface area contributed by atoms with Gasteiger partial charge in [-0.3, -0.25) is 24.1 Å². The molecular formula is C27H39N5O6S. The van der Waals surface area contributed by atoms with E-state index >= 15 is 0 Å². The maximum absolute atomic E-state index is 14.5. The van der Waals surface area contributed by atoms with Crippen LogP contribution in [-0.2, 0) is 19.2 Å². The second kappa shape index (κ2) is 11.9. The molecule has 3 heterocycles. The van der Waals surface area contributed by atoms with Crippen LogP contribution in [0.15, 0.2) is 30.3 Å². The van der Waals surface area contributed by atoms with Crippen LogP contribution in [0, 0.1) is 0 Å². The summed E-state index contributed by atoms with van der Waals surface area (Å²) >= 11 is 1.43. The normalized spacial score (nSPS) is 28.8. The van der Waals surface area contributed by atoms with E-state index < -0.39 is 59.0 Å². The molecule has 1 aromatic rings. The molecule has 1 spiro atoms. The Morgan fingerprint density at radius 1 is 0.974 bits per heavy atom. The molecule has 4 rings (SSSR count). The Bertz CT molecular complexity index is 1090. The fourth-order valence-corrected chi connectivity index (χ4v) is 7.22. The summed E-state index contributed by atoms with van der Waals surface area (Å²) in [6.07, 6.45) is 0.0616. The molecule has 0 radical (unpaired) electrons. The predicted octanol–water partition coefficient (Wildman–Crippen LogP) is -0.0543. The molecule has 12 heteroatoms. The quantitative estimate of drug-likeness (QED) is 0.372. The summed E-state index contributed by atoms with van der Waals surface area (Å²) in [6.45, 7) is 3.49. The van der Waals surface area contributed by atoms with Gasteiger partial charge in [-0.1, -0.05) is 30.3 Å². The number of amides is 4. The van der Waals surface area contributed by atoms with Crippen LogP contribution in [0.4, 0.5) is 0 Å². The minimum absolute atomic E-state index is 0.316. The zero-order valence-corrected chi connectivity index (χ0v) is 23.3. The number of benzene rings is 1. The average molecular weight is 562 g/mol. The number of likely N-dealkylation sites (tertiary alicyclic amines) is 2. The van der Waals surface area contributed by atoms with Crippen LogP contribution >= 0.6 is 11.8 Å². The number of aliphatic hydroxyl groups excluding tert-OH is 2. The zero-order valence-electron chi connectivity index (χ0n) is 22.4. The van der Waals surface area contributed by atoms with Gasteiger partial charge >= 0.3 is 0 Å². The first-order chi connectivity index (χ1) is 18.5. The number of carbonyl (C=O) groups excluding carboxylic acids is 4. The molecule has 11 nitrogen and oxygen atoms in total. The van der Waals surface area contributed by atoms with Gasteiger partial charge in [0.05, 0.1) is 12.2 Å². The summed E-state index contributed by atoms with van der Waals surface area (Å²) in [7, 11) is 0. The highest BCUT2D eigenvalue weighted by Crippen LogP contribution is 2.45. The summed E-state index contributed by atoms with van der Waals surface area (Å²) in [6, 6.07) is 5.91. The Balaban J connectivity index is 1.70. The van der Waals surface area contributed by atoms with Crippen molar-refractivity contribution in [3.63, 3.8) is 0 Å². The Morgan fingerprint density at radius 2 is 1.62 bits per heavy atom. The molecule has 39 heavy (non-hydrogen) atoms. The average Bonchev–Trinajstić information content (AvgIpc) is 3.56. The monoisotopic (exact) mass is 561 g/mol. The van der Waals surface area contributed by atoms with Gasteiger partial charge in [-0.25, -0.2) is 0 Å². The van der Waals surface area contributed by atoms with Gasteiger partial charge in [0.15, 0.2) is 0 Å². The highest BCUT2D eigenvalue weighted by molar-refractivity contribution is 7.99. The number of hydrogen-bond acceptors (Lipinski definition) is 9. The van der Waals surface area contributed by atoms with Crippen molar-refractivity contribution in [1.82, 2.24) is 14.7 Å². The van der Waals surface area contributed by atoms with Crippen molar-refractivity contribution < 1.29 is 29.4 Å². The number of imide groups is 1. The second-order valence-corrected chi connectivity index (χ2v) is 11.9. The van der Waals surface area contributed by atoms with Gasteiger partial charge < -0.3 is 31.5 Å². The molecular weight excluding hydrogens is 522 g/mol. The number of thioether (sulfide) groups is 1. The first-order valence-electron chi connectivity index (χ1n) is 13.5. The lowest BCUT2D eigenvalue weighted by atomic mass is 9.89. The first kappa shape index (κ1) is 29.5. The summed E-state index contributed by atoms with van der Waals surface area (Å²) in [4.78, 5) is 59.3. The molecule has 4 amide bonds. The SMILES string of the molecule is CC(O)C(N)C(=O)N1CCCC1C(=O)N1CCCC12CCSC(c1ccccc1)N(C(=O)C(N)C(C)O)C2=O. The van der Waals surface area contributed by atoms with Crippen molar-refractivity contribution in [2.45, 2.75) is 87.2 Å². The number of aliphatic hydroxyl groups is 2. The third kappa shape index (κ3) is 5.45. The lowest BCUT2D eigenvalue weighted by Crippen LogP contribution is -2.64. The van der Waals surface area contributed by atoms with E-state index in [2.05, 4.69) is 0 Å². The third-order valence-electron chi connectivity index (χ3n) is 8.15. The van der Waals surface area contributed by atoms with E-state index in [9.17, 15) is 29.4 Å². The summed E-state index contributed by atoms with van der Waals surface area (Å²) < 4.78 is 0. The number of hydrogen-bond donors (Lipinski definition) is 4. The standard InChI is InChI=1S/C27H39N5O6S/c1-16(33)20(28)23(36)30-13-6-10-19(30)22(35)31-14-7-11-27(31)12-15-39-25(18-8-4-3-5-9-18)32(26(27)38)24(37)21(29)17(2)34/h3-5,8-9,16-17,19-21,25,33-34H,6-7,10-15,28-29H2,1-2H3. The smallest absolute Gasteiger partial charge is 0.256 e.